The van der Waals surface area contributed by atoms with Gasteiger partial charge in [0.2, 0.25) is 0 Å². The van der Waals surface area contributed by atoms with Gasteiger partial charge in [0.1, 0.15) is 0 Å². The van der Waals surface area contributed by atoms with Gasteiger partial charge in [-0.05, 0) is 6.92 Å². The van der Waals surface area contributed by atoms with Crippen LogP contribution in [-0.2, 0) is 0 Å². The fraction of sp³-hybridized carbons (Fsp3) is 0.400. The SMILES string of the molecule is C/C=C\N=C(\N)NC. The minimum atomic E-state index is 0.433. The van der Waals surface area contributed by atoms with Gasteiger partial charge in [-0.2, -0.15) is 0 Å². The van der Waals surface area contributed by atoms with Gasteiger partial charge in [0.15, 0.2) is 5.96 Å². The number of hydrogen-bond acceptors (Lipinski definition) is 1. The van der Waals surface area contributed by atoms with Crippen LogP contribution in [-0.4, -0.2) is 13.0 Å². The van der Waals surface area contributed by atoms with E-state index in [0.29, 0.717) is 5.96 Å². The van der Waals surface area contributed by atoms with E-state index in [1.54, 1.807) is 13.2 Å². The third-order valence-corrected chi connectivity index (χ3v) is 0.619. The van der Waals surface area contributed by atoms with Crippen LogP contribution in [0, 0.1) is 0 Å². The summed E-state index contributed by atoms with van der Waals surface area (Å²) in [6.45, 7) is 1.88. The monoisotopic (exact) mass is 113 g/mol. The Morgan fingerprint density at radius 2 is 2.38 bits per heavy atom. The van der Waals surface area contributed by atoms with Crippen LogP contribution in [0.4, 0.5) is 0 Å². The zero-order valence-electron chi connectivity index (χ0n) is 5.18. The van der Waals surface area contributed by atoms with Crippen molar-refractivity contribution in [3.8, 4) is 0 Å². The molecule has 8 heavy (non-hydrogen) atoms. The molecule has 0 aromatic heterocycles. The Labute approximate surface area is 49.3 Å². The zero-order chi connectivity index (χ0) is 6.41. The third-order valence-electron chi connectivity index (χ3n) is 0.619. The van der Waals surface area contributed by atoms with Crippen LogP contribution in [0.1, 0.15) is 6.92 Å². The first kappa shape index (κ1) is 7.01. The van der Waals surface area contributed by atoms with Gasteiger partial charge in [-0.1, -0.05) is 6.08 Å². The highest BCUT2D eigenvalue weighted by molar-refractivity contribution is 5.77. The Kier molecular flexibility index (Phi) is 3.66. The predicted octanol–water partition coefficient (Wildman–Crippen LogP) is 0.0541. The molecule has 0 saturated carbocycles. The summed E-state index contributed by atoms with van der Waals surface area (Å²) in [5.74, 6) is 0.433. The number of rotatable bonds is 1. The highest BCUT2D eigenvalue weighted by atomic mass is 15.1. The molecule has 3 nitrogen and oxygen atoms in total. The van der Waals surface area contributed by atoms with Gasteiger partial charge in [0.25, 0.3) is 0 Å². The Morgan fingerprint density at radius 1 is 1.75 bits per heavy atom. The summed E-state index contributed by atoms with van der Waals surface area (Å²) in [5, 5.41) is 2.68. The summed E-state index contributed by atoms with van der Waals surface area (Å²) in [5.41, 5.74) is 5.25. The lowest BCUT2D eigenvalue weighted by Crippen LogP contribution is -2.26. The molecule has 0 radical (unpaired) electrons. The molecular weight excluding hydrogens is 102 g/mol. The van der Waals surface area contributed by atoms with Gasteiger partial charge in [0, 0.05) is 13.2 Å². The first-order chi connectivity index (χ1) is 3.81. The van der Waals surface area contributed by atoms with Crippen LogP contribution in [0.2, 0.25) is 0 Å². The summed E-state index contributed by atoms with van der Waals surface area (Å²) in [4.78, 5) is 3.76. The van der Waals surface area contributed by atoms with E-state index >= 15 is 0 Å². The largest absolute Gasteiger partial charge is 0.370 e. The molecule has 0 aromatic carbocycles. The fourth-order valence-electron chi connectivity index (χ4n) is 0.219. The first-order valence-corrected chi connectivity index (χ1v) is 2.43. The lowest BCUT2D eigenvalue weighted by molar-refractivity contribution is 1.13. The van der Waals surface area contributed by atoms with Crippen LogP contribution in [0.25, 0.3) is 0 Å². The van der Waals surface area contributed by atoms with E-state index < -0.39 is 0 Å². The van der Waals surface area contributed by atoms with E-state index in [1.165, 1.54) is 0 Å². The molecule has 0 rings (SSSR count). The molecule has 0 saturated heterocycles. The molecule has 3 N–H and O–H groups in total. The fourth-order valence-corrected chi connectivity index (χ4v) is 0.219. The van der Waals surface area contributed by atoms with Gasteiger partial charge >= 0.3 is 0 Å². The van der Waals surface area contributed by atoms with Crippen molar-refractivity contribution in [1.29, 1.82) is 0 Å². The van der Waals surface area contributed by atoms with Crippen LogP contribution in [0.5, 0.6) is 0 Å². The van der Waals surface area contributed by atoms with Crippen LogP contribution < -0.4 is 11.1 Å². The Bertz CT molecular complexity index is 104. The number of hydrogen-bond donors (Lipinski definition) is 2. The van der Waals surface area contributed by atoms with E-state index in [4.69, 9.17) is 5.73 Å². The second-order valence-corrected chi connectivity index (χ2v) is 1.25. The molecule has 0 amide bonds. The van der Waals surface area contributed by atoms with Crippen molar-refractivity contribution in [2.75, 3.05) is 7.05 Å². The number of nitrogens with two attached hydrogens (primary N) is 1. The van der Waals surface area contributed by atoms with Crippen molar-refractivity contribution >= 4 is 5.96 Å². The smallest absolute Gasteiger partial charge is 0.192 e. The van der Waals surface area contributed by atoms with E-state index in [-0.39, 0.29) is 0 Å². The maximum atomic E-state index is 5.25. The maximum Gasteiger partial charge on any atom is 0.192 e. The Hall–Kier alpha value is -0.990. The average molecular weight is 113 g/mol. The molecule has 0 bridgehead atoms. The molecule has 46 valence electrons. The standard InChI is InChI=1S/C5H11N3/c1-3-4-8-5(6)7-2/h3-4H,1-2H3,(H3,6,7,8)/b4-3-. The molecule has 0 fully saturated rings. The van der Waals surface area contributed by atoms with Crippen LogP contribution >= 0.6 is 0 Å². The second-order valence-electron chi connectivity index (χ2n) is 1.25. The van der Waals surface area contributed by atoms with Crippen molar-refractivity contribution < 1.29 is 0 Å². The van der Waals surface area contributed by atoms with Crippen molar-refractivity contribution in [2.45, 2.75) is 6.92 Å². The van der Waals surface area contributed by atoms with E-state index in [0.717, 1.165) is 0 Å². The van der Waals surface area contributed by atoms with Gasteiger partial charge in [-0.3, -0.25) is 0 Å². The molecule has 0 atom stereocenters. The van der Waals surface area contributed by atoms with Crippen LogP contribution in [0.15, 0.2) is 17.3 Å². The number of nitrogens with zero attached hydrogens (tertiary/aromatic N) is 1. The van der Waals surface area contributed by atoms with E-state index in [2.05, 4.69) is 10.3 Å². The van der Waals surface area contributed by atoms with Crippen molar-refractivity contribution in [2.24, 2.45) is 10.7 Å². The molecule has 0 unspecified atom stereocenters. The molecule has 3 heteroatoms. The molecule has 0 aromatic rings. The zero-order valence-corrected chi connectivity index (χ0v) is 5.18. The van der Waals surface area contributed by atoms with Crippen molar-refractivity contribution in [1.82, 2.24) is 5.32 Å². The molecular formula is C5H11N3. The maximum absolute atomic E-state index is 5.25. The predicted molar refractivity (Wildman–Crippen MR) is 35.5 cm³/mol. The topological polar surface area (TPSA) is 50.4 Å². The van der Waals surface area contributed by atoms with E-state index in [1.807, 2.05) is 13.0 Å². The quantitative estimate of drug-likeness (QED) is 0.373. The summed E-state index contributed by atoms with van der Waals surface area (Å²) in [6, 6.07) is 0. The van der Waals surface area contributed by atoms with Gasteiger partial charge in [-0.15, -0.1) is 0 Å². The summed E-state index contributed by atoms with van der Waals surface area (Å²) in [7, 11) is 1.72. The first-order valence-electron chi connectivity index (χ1n) is 2.43. The van der Waals surface area contributed by atoms with Crippen LogP contribution in [0.3, 0.4) is 0 Å². The highest BCUT2D eigenvalue weighted by Crippen LogP contribution is 1.69. The van der Waals surface area contributed by atoms with Crippen molar-refractivity contribution in [3.05, 3.63) is 12.3 Å². The lowest BCUT2D eigenvalue weighted by atomic mass is 10.7. The summed E-state index contributed by atoms with van der Waals surface area (Å²) in [6.07, 6.45) is 3.44. The highest BCUT2D eigenvalue weighted by Gasteiger charge is 1.74. The minimum absolute atomic E-state index is 0.433. The Morgan fingerprint density at radius 3 is 2.75 bits per heavy atom. The number of aliphatic imine (C=N–C) groups is 1. The molecule has 0 aliphatic rings. The number of allylic oxidation sites excluding steroid dienone is 1. The van der Waals surface area contributed by atoms with E-state index in [9.17, 15) is 0 Å². The normalized spacial score (nSPS) is 12.5. The van der Waals surface area contributed by atoms with Crippen molar-refractivity contribution in [3.63, 3.8) is 0 Å². The lowest BCUT2D eigenvalue weighted by Gasteiger charge is -1.91. The number of guanidine groups is 1. The average Bonchev–Trinajstić information content (AvgIpc) is 1.83. The summed E-state index contributed by atoms with van der Waals surface area (Å²) < 4.78 is 0. The van der Waals surface area contributed by atoms with Gasteiger partial charge in [-0.25, -0.2) is 4.99 Å². The summed E-state index contributed by atoms with van der Waals surface area (Å²) >= 11 is 0. The Balaban J connectivity index is 3.57. The molecule has 0 aliphatic heterocycles. The number of nitrogens with one attached hydrogen (secondary N) is 1. The van der Waals surface area contributed by atoms with Gasteiger partial charge < -0.3 is 11.1 Å². The molecule has 0 heterocycles. The minimum Gasteiger partial charge on any atom is -0.370 e. The third kappa shape index (κ3) is 3.21. The molecule has 0 spiro atoms. The second kappa shape index (κ2) is 4.18. The van der Waals surface area contributed by atoms with Gasteiger partial charge in [0.05, 0.1) is 0 Å². The molecule has 0 aliphatic carbocycles.